The zero-order valence-electron chi connectivity index (χ0n) is 28.6. The zero-order valence-corrected chi connectivity index (χ0v) is 28.6. The Labute approximate surface area is 304 Å². The lowest BCUT2D eigenvalue weighted by molar-refractivity contribution is -0.174. The molecule has 2 aromatic heterocycles. The molecule has 8 nitrogen and oxygen atoms in total. The summed E-state index contributed by atoms with van der Waals surface area (Å²) >= 11 is 0. The number of esters is 2. The minimum Gasteiger partial charge on any atom is -0.465 e. The summed E-state index contributed by atoms with van der Waals surface area (Å²) < 4.78 is 11.7. The Hall–Kier alpha value is -7.06. The van der Waals surface area contributed by atoms with Crippen molar-refractivity contribution in [3.63, 3.8) is 0 Å². The molecule has 0 fully saturated rings. The van der Waals surface area contributed by atoms with Gasteiger partial charge in [0.25, 0.3) is 0 Å². The summed E-state index contributed by atoms with van der Waals surface area (Å²) in [6, 6.07) is 46.8. The topological polar surface area (TPSA) is 109 Å². The van der Waals surface area contributed by atoms with Crippen LogP contribution >= 0.6 is 0 Å². The molecule has 0 aliphatic carbocycles. The molecular weight excluding hydrogens is 661 g/mol. The molecule has 8 heteroatoms. The van der Waals surface area contributed by atoms with Crippen LogP contribution in [0.5, 0.6) is 0 Å². The molecule has 2 N–H and O–H groups in total. The van der Waals surface area contributed by atoms with Crippen LogP contribution in [0.15, 0.2) is 173 Å². The van der Waals surface area contributed by atoms with Gasteiger partial charge in [0, 0.05) is 38.8 Å². The highest BCUT2D eigenvalue weighted by Gasteiger charge is 2.58. The number of methoxy groups -OCH3 is 1. The maximum atomic E-state index is 14.3. The molecule has 8 bridgehead atoms. The SMILES string of the molecule is COC(=O)[C@]12N=C(C(=O)O1)/C(c1ccccc1)=c1/cc/c([nH]1)=C(\c1ccccc1)C1=N/C(=C(/c3ccccc3)c3ccc([nH]3)[C@@H]2c2ccccc2)C=C1. The van der Waals surface area contributed by atoms with E-state index in [0.29, 0.717) is 27.7 Å². The first-order chi connectivity index (χ1) is 26.0. The molecule has 256 valence electrons. The molecule has 2 atom stereocenters. The Morgan fingerprint density at radius 1 is 0.660 bits per heavy atom. The van der Waals surface area contributed by atoms with Crippen LogP contribution in [0.2, 0.25) is 0 Å². The minimum atomic E-state index is -2.10. The summed E-state index contributed by atoms with van der Waals surface area (Å²) in [6.45, 7) is 0. The van der Waals surface area contributed by atoms with Gasteiger partial charge in [0.15, 0.2) is 5.71 Å². The number of rotatable bonds is 5. The predicted molar refractivity (Wildman–Crippen MR) is 204 cm³/mol. The molecule has 0 saturated carbocycles. The smallest absolute Gasteiger partial charge is 0.375 e. The second kappa shape index (κ2) is 12.9. The van der Waals surface area contributed by atoms with E-state index in [-0.39, 0.29) is 5.71 Å². The molecule has 3 aliphatic heterocycles. The number of carbonyl (C=O) groups is 2. The van der Waals surface area contributed by atoms with Crippen LogP contribution in [0.3, 0.4) is 0 Å². The third kappa shape index (κ3) is 5.39. The molecule has 0 saturated heterocycles. The van der Waals surface area contributed by atoms with Gasteiger partial charge < -0.3 is 19.4 Å². The number of nitrogens with one attached hydrogen (secondary N) is 2. The highest BCUT2D eigenvalue weighted by molar-refractivity contribution is 6.55. The summed E-state index contributed by atoms with van der Waals surface area (Å²) in [7, 11) is 1.28. The molecule has 0 unspecified atom stereocenters. The molecule has 5 heterocycles. The number of nitrogens with zero attached hydrogens (tertiary/aromatic N) is 2. The van der Waals surface area contributed by atoms with E-state index in [1.54, 1.807) is 0 Å². The second-order valence-electron chi connectivity index (χ2n) is 12.9. The first kappa shape index (κ1) is 31.9. The van der Waals surface area contributed by atoms with Crippen LogP contribution in [-0.4, -0.2) is 46.2 Å². The molecular formula is C45H32N4O4. The Bertz CT molecular complexity index is 2650. The number of aliphatic imine (C=N–C) groups is 2. The van der Waals surface area contributed by atoms with Gasteiger partial charge in [-0.3, -0.25) is 0 Å². The maximum absolute atomic E-state index is 14.3. The normalized spacial score (nSPS) is 22.6. The lowest BCUT2D eigenvalue weighted by Crippen LogP contribution is -2.45. The molecule has 3 aliphatic rings. The van der Waals surface area contributed by atoms with Crippen LogP contribution in [0.25, 0.3) is 16.7 Å². The maximum Gasteiger partial charge on any atom is 0.375 e. The number of benzene rings is 4. The molecule has 6 aromatic rings. The lowest BCUT2D eigenvalue weighted by Gasteiger charge is -2.30. The largest absolute Gasteiger partial charge is 0.465 e. The lowest BCUT2D eigenvalue weighted by atomic mass is 9.85. The van der Waals surface area contributed by atoms with Crippen LogP contribution in [0, 0.1) is 0 Å². The van der Waals surface area contributed by atoms with Crippen molar-refractivity contribution >= 4 is 40.1 Å². The average Bonchev–Trinajstić information content (AvgIpc) is 4.03. The third-order valence-electron chi connectivity index (χ3n) is 9.81. The first-order valence-electron chi connectivity index (χ1n) is 17.3. The minimum absolute atomic E-state index is 0.00123. The zero-order chi connectivity index (χ0) is 35.9. The predicted octanol–water partition coefficient (Wildman–Crippen LogP) is 6.22. The van der Waals surface area contributed by atoms with Crippen molar-refractivity contribution in [1.29, 1.82) is 0 Å². The second-order valence-corrected chi connectivity index (χ2v) is 12.9. The van der Waals surface area contributed by atoms with Crippen molar-refractivity contribution in [2.24, 2.45) is 9.98 Å². The van der Waals surface area contributed by atoms with Crippen molar-refractivity contribution in [3.8, 4) is 0 Å². The number of hydrogen-bond donors (Lipinski definition) is 2. The number of aromatic nitrogens is 2. The summed E-state index contributed by atoms with van der Waals surface area (Å²) in [5.41, 5.74) is 6.35. The van der Waals surface area contributed by atoms with Crippen molar-refractivity contribution in [2.75, 3.05) is 7.11 Å². The highest BCUT2D eigenvalue weighted by Crippen LogP contribution is 2.44. The van der Waals surface area contributed by atoms with Gasteiger partial charge in [-0.1, -0.05) is 121 Å². The van der Waals surface area contributed by atoms with Gasteiger partial charge in [0.05, 0.1) is 24.4 Å². The van der Waals surface area contributed by atoms with Gasteiger partial charge >= 0.3 is 17.7 Å². The molecule has 0 radical (unpaired) electrons. The van der Waals surface area contributed by atoms with Gasteiger partial charge in [0.1, 0.15) is 0 Å². The standard InChI is InChI=1S/C45H32N4O4/c1-52-44(51)45-41(31-20-12-5-13-21-31)37-27-26-35(48-37)39(29-16-8-3-9-17-29)33-23-22-32(46-33)38(28-14-6-2-7-15-28)34-24-25-36(47-34)40(30-18-10-4-11-19-30)42(49-45)43(50)53-45/h2-27,41,47-48H,1H3/b38-34-,39-33-,40-36-/t41-,45+/m0/s1. The fourth-order valence-corrected chi connectivity index (χ4v) is 7.49. The Morgan fingerprint density at radius 2 is 1.23 bits per heavy atom. The fraction of sp³-hybridized carbons (Fsp3) is 0.0667. The highest BCUT2D eigenvalue weighted by atomic mass is 16.6. The van der Waals surface area contributed by atoms with Gasteiger partial charge in [-0.2, -0.15) is 0 Å². The number of ether oxygens (including phenoxy) is 2. The summed E-state index contributed by atoms with van der Waals surface area (Å²) in [6.07, 6.45) is 4.07. The molecule has 53 heavy (non-hydrogen) atoms. The first-order valence-corrected chi connectivity index (χ1v) is 17.3. The number of carbonyl (C=O) groups excluding carboxylic acids is 2. The number of H-pyrrole nitrogens is 2. The number of hydrogen-bond acceptors (Lipinski definition) is 6. The summed E-state index contributed by atoms with van der Waals surface area (Å²) in [5.74, 6) is -2.46. The molecule has 0 spiro atoms. The van der Waals surface area contributed by atoms with E-state index in [2.05, 4.69) is 22.1 Å². The average molecular weight is 693 g/mol. The van der Waals surface area contributed by atoms with Crippen LogP contribution in [0.1, 0.15) is 39.6 Å². The Kier molecular flexibility index (Phi) is 7.78. The van der Waals surface area contributed by atoms with E-state index in [4.69, 9.17) is 19.5 Å². The fourth-order valence-electron chi connectivity index (χ4n) is 7.49. The van der Waals surface area contributed by atoms with Crippen LogP contribution in [0.4, 0.5) is 0 Å². The van der Waals surface area contributed by atoms with E-state index >= 15 is 0 Å². The van der Waals surface area contributed by atoms with E-state index in [1.807, 2.05) is 146 Å². The van der Waals surface area contributed by atoms with Gasteiger partial charge in [-0.25, -0.2) is 19.6 Å². The number of fused-ring (bicyclic) bond motifs is 6. The molecule has 9 rings (SSSR count). The van der Waals surface area contributed by atoms with Crippen molar-refractivity contribution in [3.05, 3.63) is 208 Å². The quantitative estimate of drug-likeness (QED) is 0.209. The van der Waals surface area contributed by atoms with Crippen molar-refractivity contribution in [1.82, 2.24) is 9.97 Å². The van der Waals surface area contributed by atoms with E-state index in [1.165, 1.54) is 7.11 Å². The van der Waals surface area contributed by atoms with Gasteiger partial charge in [-0.05, 0) is 58.7 Å². The summed E-state index contributed by atoms with van der Waals surface area (Å²) in [5, 5.41) is 1.40. The molecule has 4 aromatic carbocycles. The van der Waals surface area contributed by atoms with E-state index < -0.39 is 23.6 Å². The van der Waals surface area contributed by atoms with Crippen LogP contribution < -0.4 is 10.7 Å². The monoisotopic (exact) mass is 692 g/mol. The third-order valence-corrected chi connectivity index (χ3v) is 9.81. The van der Waals surface area contributed by atoms with E-state index in [0.717, 1.165) is 44.7 Å². The van der Waals surface area contributed by atoms with Gasteiger partial charge in [-0.15, -0.1) is 0 Å². The van der Waals surface area contributed by atoms with Crippen LogP contribution in [-0.2, 0) is 19.1 Å². The Morgan fingerprint density at radius 3 is 1.85 bits per heavy atom. The van der Waals surface area contributed by atoms with Gasteiger partial charge in [0.2, 0.25) is 0 Å². The van der Waals surface area contributed by atoms with E-state index in [9.17, 15) is 9.59 Å². The molecule has 0 amide bonds. The number of allylic oxidation sites excluding steroid dienone is 2. The van der Waals surface area contributed by atoms with Crippen molar-refractivity contribution in [2.45, 2.75) is 11.6 Å². The summed E-state index contributed by atoms with van der Waals surface area (Å²) in [4.78, 5) is 46.1. The van der Waals surface area contributed by atoms with Crippen molar-refractivity contribution < 1.29 is 19.1 Å². The number of aromatic amines is 2. The Balaban J connectivity index is 1.44.